The van der Waals surface area contributed by atoms with Crippen molar-refractivity contribution < 1.29 is 0 Å². The van der Waals surface area contributed by atoms with Gasteiger partial charge in [0.25, 0.3) is 0 Å². The zero-order valence-electron chi connectivity index (χ0n) is 10.4. The SMILES string of the molecule is CCNC(=S)N(C)Cc1cn(CC)nc1C. The van der Waals surface area contributed by atoms with Gasteiger partial charge in [0.1, 0.15) is 0 Å². The number of aryl methyl sites for hydroxylation is 2. The fraction of sp³-hybridized carbons (Fsp3) is 0.636. The highest BCUT2D eigenvalue weighted by Crippen LogP contribution is 2.08. The number of thiocarbonyl (C=S) groups is 1. The molecule has 0 amide bonds. The Bertz CT molecular complexity index is 359. The molecule has 0 radical (unpaired) electrons. The van der Waals surface area contributed by atoms with Gasteiger partial charge in [-0.05, 0) is 33.0 Å². The molecule has 0 bridgehead atoms. The molecule has 0 fully saturated rings. The molecule has 1 aromatic rings. The third-order valence-electron chi connectivity index (χ3n) is 2.45. The van der Waals surface area contributed by atoms with Gasteiger partial charge in [0.2, 0.25) is 0 Å². The predicted octanol–water partition coefficient (Wildman–Crippen LogP) is 1.54. The van der Waals surface area contributed by atoms with Crippen LogP contribution in [0.2, 0.25) is 0 Å². The van der Waals surface area contributed by atoms with Gasteiger partial charge < -0.3 is 10.2 Å². The minimum absolute atomic E-state index is 0.783. The van der Waals surface area contributed by atoms with Crippen LogP contribution in [0.4, 0.5) is 0 Å². The number of nitrogens with one attached hydrogen (secondary N) is 1. The minimum atomic E-state index is 0.783. The predicted molar refractivity (Wildman–Crippen MR) is 70.4 cm³/mol. The molecule has 1 heterocycles. The highest BCUT2D eigenvalue weighted by molar-refractivity contribution is 7.80. The molecule has 1 N–H and O–H groups in total. The van der Waals surface area contributed by atoms with Crippen LogP contribution in [-0.4, -0.2) is 33.4 Å². The maximum atomic E-state index is 5.24. The van der Waals surface area contributed by atoms with Crippen molar-refractivity contribution in [2.45, 2.75) is 33.9 Å². The molecule has 0 atom stereocenters. The first-order valence-corrected chi connectivity index (χ1v) is 6.01. The van der Waals surface area contributed by atoms with Gasteiger partial charge in [-0.2, -0.15) is 5.10 Å². The number of hydrogen-bond acceptors (Lipinski definition) is 2. The smallest absolute Gasteiger partial charge is 0.168 e. The highest BCUT2D eigenvalue weighted by Gasteiger charge is 2.09. The summed E-state index contributed by atoms with van der Waals surface area (Å²) in [6.45, 7) is 8.73. The standard InChI is InChI=1S/C11H20N4S/c1-5-12-11(16)14(4)7-10-8-15(6-2)13-9(10)3/h8H,5-7H2,1-4H3,(H,12,16). The van der Waals surface area contributed by atoms with E-state index in [9.17, 15) is 0 Å². The topological polar surface area (TPSA) is 33.1 Å². The van der Waals surface area contributed by atoms with E-state index in [0.717, 1.165) is 30.4 Å². The van der Waals surface area contributed by atoms with E-state index in [1.54, 1.807) is 0 Å². The average Bonchev–Trinajstić information content (AvgIpc) is 2.60. The molecule has 0 saturated heterocycles. The van der Waals surface area contributed by atoms with E-state index in [-0.39, 0.29) is 0 Å². The van der Waals surface area contributed by atoms with Crippen LogP contribution in [0.25, 0.3) is 0 Å². The van der Waals surface area contributed by atoms with E-state index in [0.29, 0.717) is 0 Å². The van der Waals surface area contributed by atoms with Gasteiger partial charge in [-0.25, -0.2) is 0 Å². The summed E-state index contributed by atoms with van der Waals surface area (Å²) in [6, 6.07) is 0. The summed E-state index contributed by atoms with van der Waals surface area (Å²) in [5.74, 6) is 0. The first-order chi connectivity index (χ1) is 7.58. The van der Waals surface area contributed by atoms with E-state index in [4.69, 9.17) is 12.2 Å². The Labute approximate surface area is 103 Å². The minimum Gasteiger partial charge on any atom is -0.363 e. The Hall–Kier alpha value is -1.10. The van der Waals surface area contributed by atoms with Gasteiger partial charge in [0.15, 0.2) is 5.11 Å². The van der Waals surface area contributed by atoms with Crippen LogP contribution in [-0.2, 0) is 13.1 Å². The zero-order valence-corrected chi connectivity index (χ0v) is 11.3. The molecule has 16 heavy (non-hydrogen) atoms. The second-order valence-corrected chi connectivity index (χ2v) is 4.17. The van der Waals surface area contributed by atoms with Crippen LogP contribution in [0.5, 0.6) is 0 Å². The normalized spacial score (nSPS) is 10.2. The molecule has 4 nitrogen and oxygen atoms in total. The van der Waals surface area contributed by atoms with Crippen molar-refractivity contribution in [1.29, 1.82) is 0 Å². The van der Waals surface area contributed by atoms with Gasteiger partial charge in [0.05, 0.1) is 5.69 Å². The molecule has 0 aliphatic heterocycles. The summed E-state index contributed by atoms with van der Waals surface area (Å²) in [5, 5.41) is 8.33. The molecule has 90 valence electrons. The van der Waals surface area contributed by atoms with Crippen LogP contribution in [0.3, 0.4) is 0 Å². The van der Waals surface area contributed by atoms with Crippen molar-refractivity contribution in [2.24, 2.45) is 0 Å². The van der Waals surface area contributed by atoms with E-state index in [2.05, 4.69) is 23.5 Å². The average molecular weight is 240 g/mol. The van der Waals surface area contributed by atoms with Gasteiger partial charge in [-0.1, -0.05) is 0 Å². The molecule has 0 spiro atoms. The first kappa shape index (κ1) is 13.0. The van der Waals surface area contributed by atoms with Crippen molar-refractivity contribution in [2.75, 3.05) is 13.6 Å². The first-order valence-electron chi connectivity index (χ1n) is 5.60. The maximum Gasteiger partial charge on any atom is 0.168 e. The van der Waals surface area contributed by atoms with Crippen molar-refractivity contribution in [1.82, 2.24) is 20.0 Å². The second kappa shape index (κ2) is 5.84. The van der Waals surface area contributed by atoms with Crippen LogP contribution in [0.15, 0.2) is 6.20 Å². The summed E-state index contributed by atoms with van der Waals surface area (Å²) >= 11 is 5.24. The Morgan fingerprint density at radius 2 is 2.25 bits per heavy atom. The number of hydrogen-bond donors (Lipinski definition) is 1. The fourth-order valence-corrected chi connectivity index (χ4v) is 1.70. The largest absolute Gasteiger partial charge is 0.363 e. The van der Waals surface area contributed by atoms with Gasteiger partial charge in [0, 0.05) is 38.4 Å². The Morgan fingerprint density at radius 1 is 1.56 bits per heavy atom. The Kier molecular flexibility index (Phi) is 4.73. The summed E-state index contributed by atoms with van der Waals surface area (Å²) in [4.78, 5) is 2.03. The molecule has 0 unspecified atom stereocenters. The second-order valence-electron chi connectivity index (χ2n) is 3.79. The third kappa shape index (κ3) is 3.20. The van der Waals surface area contributed by atoms with Crippen LogP contribution < -0.4 is 5.32 Å². The van der Waals surface area contributed by atoms with Crippen molar-refractivity contribution in [3.05, 3.63) is 17.5 Å². The summed E-state index contributed by atoms with van der Waals surface area (Å²) < 4.78 is 1.95. The monoisotopic (exact) mass is 240 g/mol. The molecule has 0 aliphatic rings. The molecule has 0 aliphatic carbocycles. The number of rotatable bonds is 4. The zero-order chi connectivity index (χ0) is 12.1. The molecular formula is C11H20N4S. The Morgan fingerprint density at radius 3 is 2.75 bits per heavy atom. The van der Waals surface area contributed by atoms with Crippen molar-refractivity contribution in [3.8, 4) is 0 Å². The number of aromatic nitrogens is 2. The third-order valence-corrected chi connectivity index (χ3v) is 2.91. The van der Waals surface area contributed by atoms with Crippen LogP contribution >= 0.6 is 12.2 Å². The fourth-order valence-electron chi connectivity index (χ4n) is 1.49. The van der Waals surface area contributed by atoms with Gasteiger partial charge >= 0.3 is 0 Å². The van der Waals surface area contributed by atoms with Gasteiger partial charge in [-0.3, -0.25) is 4.68 Å². The lowest BCUT2D eigenvalue weighted by atomic mass is 10.2. The summed E-state index contributed by atoms with van der Waals surface area (Å²) in [7, 11) is 1.99. The molecular weight excluding hydrogens is 220 g/mol. The van der Waals surface area contributed by atoms with E-state index in [1.807, 2.05) is 30.5 Å². The molecule has 5 heteroatoms. The quantitative estimate of drug-likeness (QED) is 0.809. The van der Waals surface area contributed by atoms with E-state index in [1.165, 1.54) is 5.56 Å². The lowest BCUT2D eigenvalue weighted by molar-refractivity contribution is 0.489. The number of nitrogens with zero attached hydrogens (tertiary/aromatic N) is 3. The summed E-state index contributed by atoms with van der Waals surface area (Å²) in [5.41, 5.74) is 2.30. The summed E-state index contributed by atoms with van der Waals surface area (Å²) in [6.07, 6.45) is 2.08. The lowest BCUT2D eigenvalue weighted by Gasteiger charge is -2.19. The van der Waals surface area contributed by atoms with Crippen LogP contribution in [0, 0.1) is 6.92 Å². The molecule has 0 saturated carbocycles. The van der Waals surface area contributed by atoms with Crippen molar-refractivity contribution >= 4 is 17.3 Å². The molecule has 1 aromatic heterocycles. The van der Waals surface area contributed by atoms with Crippen molar-refractivity contribution in [3.63, 3.8) is 0 Å². The van der Waals surface area contributed by atoms with E-state index < -0.39 is 0 Å². The van der Waals surface area contributed by atoms with E-state index >= 15 is 0 Å². The Balaban J connectivity index is 2.65. The highest BCUT2D eigenvalue weighted by atomic mass is 32.1. The van der Waals surface area contributed by atoms with Crippen LogP contribution in [0.1, 0.15) is 25.1 Å². The maximum absolute atomic E-state index is 5.24. The molecule has 0 aromatic carbocycles. The lowest BCUT2D eigenvalue weighted by Crippen LogP contribution is -2.36. The molecule has 1 rings (SSSR count). The van der Waals surface area contributed by atoms with Gasteiger partial charge in [-0.15, -0.1) is 0 Å².